The van der Waals surface area contributed by atoms with E-state index in [0.29, 0.717) is 27.7 Å². The Morgan fingerprint density at radius 3 is 2.79 bits per heavy atom. The Bertz CT molecular complexity index is 1080. The number of aromatic nitrogens is 4. The van der Waals surface area contributed by atoms with Crippen LogP contribution < -0.4 is 0 Å². The van der Waals surface area contributed by atoms with Gasteiger partial charge in [0.05, 0.1) is 11.7 Å². The first kappa shape index (κ1) is 16.4. The first-order valence-corrected chi connectivity index (χ1v) is 10.4. The molecule has 3 rings (SSSR count). The zero-order chi connectivity index (χ0) is 17.3. The van der Waals surface area contributed by atoms with E-state index in [-0.39, 0.29) is 0 Å². The molecule has 24 heavy (non-hydrogen) atoms. The van der Waals surface area contributed by atoms with Crippen molar-refractivity contribution in [2.24, 2.45) is 4.36 Å². The number of benzene rings is 1. The third-order valence-electron chi connectivity index (χ3n) is 3.15. The van der Waals surface area contributed by atoms with Crippen molar-refractivity contribution in [1.29, 1.82) is 5.26 Å². The van der Waals surface area contributed by atoms with Crippen molar-refractivity contribution < 1.29 is 4.21 Å². The van der Waals surface area contributed by atoms with Crippen LogP contribution in [0.1, 0.15) is 5.56 Å². The van der Waals surface area contributed by atoms with Crippen LogP contribution in [-0.4, -0.2) is 42.5 Å². The van der Waals surface area contributed by atoms with E-state index in [1.807, 2.05) is 18.4 Å². The molecule has 0 aliphatic rings. The van der Waals surface area contributed by atoms with Crippen LogP contribution >= 0.6 is 11.8 Å². The van der Waals surface area contributed by atoms with Gasteiger partial charge in [0, 0.05) is 22.2 Å². The zero-order valence-corrected chi connectivity index (χ0v) is 14.9. The molecule has 3 aromatic rings. The fraction of sp³-hybridized carbons (Fsp3) is 0.200. The fourth-order valence-corrected chi connectivity index (χ4v) is 3.18. The maximum atomic E-state index is 12.0. The lowest BCUT2D eigenvalue weighted by Gasteiger charge is -2.07. The van der Waals surface area contributed by atoms with E-state index in [9.17, 15) is 9.47 Å². The minimum absolute atomic E-state index is 0.351. The van der Waals surface area contributed by atoms with E-state index in [0.717, 1.165) is 5.52 Å². The van der Waals surface area contributed by atoms with Crippen molar-refractivity contribution in [3.63, 3.8) is 0 Å². The van der Waals surface area contributed by atoms with Gasteiger partial charge in [-0.1, -0.05) is 17.8 Å². The highest BCUT2D eigenvalue weighted by atomic mass is 32.2. The number of para-hydroxylation sites is 1. The molecule has 0 saturated carbocycles. The lowest BCUT2D eigenvalue weighted by atomic mass is 10.2. The molecule has 0 radical (unpaired) electrons. The fourth-order valence-electron chi connectivity index (χ4n) is 2.22. The van der Waals surface area contributed by atoms with Crippen LogP contribution in [0.25, 0.3) is 16.9 Å². The second-order valence-corrected chi connectivity index (χ2v) is 8.56. The van der Waals surface area contributed by atoms with E-state index in [2.05, 4.69) is 25.4 Å². The molecule has 0 atom stereocenters. The smallest absolute Gasteiger partial charge is 0.189 e. The third kappa shape index (κ3) is 3.11. The second-order valence-electron chi connectivity index (χ2n) is 5.24. The number of fused-ring (bicyclic) bond motifs is 1. The topological polar surface area (TPSA) is 96.8 Å². The normalized spacial score (nSPS) is 11.4. The number of rotatable bonds is 3. The molecule has 1 aromatic carbocycles. The number of hydrogen-bond donors (Lipinski definition) is 0. The number of nitriles is 1. The van der Waals surface area contributed by atoms with Gasteiger partial charge in [0.25, 0.3) is 0 Å². The zero-order valence-electron chi connectivity index (χ0n) is 13.3. The predicted molar refractivity (Wildman–Crippen MR) is 95.2 cm³/mol. The minimum atomic E-state index is -2.30. The standard InChI is InChI=1S/C15H14N6OS2/c1-23-15-17-8-10(7-16)14(19-15)21-9-18-13-11(20-24(2,3)22)5-4-6-12(13)21/h4-6,8-9H,1-3H3. The Morgan fingerprint density at radius 2 is 2.12 bits per heavy atom. The highest BCUT2D eigenvalue weighted by Gasteiger charge is 2.14. The molecule has 0 spiro atoms. The molecule has 0 aliphatic heterocycles. The molecule has 0 aliphatic carbocycles. The van der Waals surface area contributed by atoms with Crippen molar-refractivity contribution in [1.82, 2.24) is 19.5 Å². The van der Waals surface area contributed by atoms with Crippen LogP contribution in [0.4, 0.5) is 5.69 Å². The summed E-state index contributed by atoms with van der Waals surface area (Å²) in [6, 6.07) is 7.54. The average molecular weight is 358 g/mol. The summed E-state index contributed by atoms with van der Waals surface area (Å²) in [5.74, 6) is 0.463. The largest absolute Gasteiger partial charge is 0.282 e. The molecule has 0 fully saturated rings. The summed E-state index contributed by atoms with van der Waals surface area (Å²) in [7, 11) is -2.30. The maximum Gasteiger partial charge on any atom is 0.189 e. The molecular weight excluding hydrogens is 344 g/mol. The summed E-state index contributed by atoms with van der Waals surface area (Å²) >= 11 is 1.39. The van der Waals surface area contributed by atoms with E-state index >= 15 is 0 Å². The highest BCUT2D eigenvalue weighted by Crippen LogP contribution is 2.28. The molecule has 0 N–H and O–H groups in total. The number of thioether (sulfide) groups is 1. The lowest BCUT2D eigenvalue weighted by Crippen LogP contribution is -2.02. The first-order chi connectivity index (χ1) is 11.4. The van der Waals surface area contributed by atoms with Gasteiger partial charge >= 0.3 is 0 Å². The SMILES string of the molecule is CSc1ncc(C#N)c(-n2cnc3c(N=S(C)(C)=O)cccc32)n1. The molecule has 0 unspecified atom stereocenters. The number of nitrogens with zero attached hydrogens (tertiary/aromatic N) is 6. The van der Waals surface area contributed by atoms with Crippen LogP contribution in [0.5, 0.6) is 0 Å². The Hall–Kier alpha value is -2.44. The molecule has 0 bridgehead atoms. The first-order valence-electron chi connectivity index (χ1n) is 6.87. The van der Waals surface area contributed by atoms with Gasteiger partial charge in [0.15, 0.2) is 11.0 Å². The molecule has 122 valence electrons. The minimum Gasteiger partial charge on any atom is -0.282 e. The van der Waals surface area contributed by atoms with Gasteiger partial charge in [0.1, 0.15) is 29.2 Å². The molecule has 7 nitrogen and oxygen atoms in total. The van der Waals surface area contributed by atoms with Crippen LogP contribution in [-0.2, 0) is 9.73 Å². The van der Waals surface area contributed by atoms with Crippen LogP contribution in [0.15, 0.2) is 40.2 Å². The van der Waals surface area contributed by atoms with E-state index in [4.69, 9.17) is 0 Å². The van der Waals surface area contributed by atoms with E-state index < -0.39 is 9.73 Å². The van der Waals surface area contributed by atoms with Gasteiger partial charge in [0.2, 0.25) is 0 Å². The Morgan fingerprint density at radius 1 is 1.33 bits per heavy atom. The predicted octanol–water partition coefficient (Wildman–Crippen LogP) is 2.77. The molecule has 2 heterocycles. The van der Waals surface area contributed by atoms with Crippen LogP contribution in [0.3, 0.4) is 0 Å². The summed E-state index contributed by atoms with van der Waals surface area (Å²) < 4.78 is 18.0. The Balaban J connectivity index is 2.29. The van der Waals surface area contributed by atoms with Gasteiger partial charge in [-0.3, -0.25) is 4.57 Å². The van der Waals surface area contributed by atoms with Gasteiger partial charge in [-0.25, -0.2) is 19.2 Å². The van der Waals surface area contributed by atoms with Crippen molar-refractivity contribution in [3.05, 3.63) is 36.3 Å². The quantitative estimate of drug-likeness (QED) is 0.527. The summed E-state index contributed by atoms with van der Waals surface area (Å²) in [5, 5.41) is 9.90. The van der Waals surface area contributed by atoms with Crippen LogP contribution in [0.2, 0.25) is 0 Å². The van der Waals surface area contributed by atoms with Crippen molar-refractivity contribution in [2.45, 2.75) is 5.16 Å². The summed E-state index contributed by atoms with van der Waals surface area (Å²) in [4.78, 5) is 12.9. The van der Waals surface area contributed by atoms with Crippen LogP contribution in [0, 0.1) is 11.3 Å². The second kappa shape index (κ2) is 6.22. The van der Waals surface area contributed by atoms with Gasteiger partial charge in [-0.15, -0.1) is 0 Å². The number of hydrogen-bond acceptors (Lipinski definition) is 7. The van der Waals surface area contributed by atoms with Crippen molar-refractivity contribution in [2.75, 3.05) is 18.8 Å². The molecular formula is C15H14N6OS2. The van der Waals surface area contributed by atoms with Gasteiger partial charge in [-0.2, -0.15) is 9.62 Å². The number of imidazole rings is 1. The monoisotopic (exact) mass is 358 g/mol. The van der Waals surface area contributed by atoms with E-state index in [1.54, 1.807) is 29.5 Å². The summed E-state index contributed by atoms with van der Waals surface area (Å²) in [6.45, 7) is 0. The molecule has 2 aromatic heterocycles. The molecule has 9 heteroatoms. The lowest BCUT2D eigenvalue weighted by molar-refractivity contribution is 0.684. The summed E-state index contributed by atoms with van der Waals surface area (Å²) in [6.07, 6.45) is 8.11. The molecule has 0 saturated heterocycles. The average Bonchev–Trinajstić information content (AvgIpc) is 2.98. The van der Waals surface area contributed by atoms with Gasteiger partial charge < -0.3 is 0 Å². The van der Waals surface area contributed by atoms with Crippen molar-refractivity contribution >= 4 is 38.2 Å². The molecule has 0 amide bonds. The van der Waals surface area contributed by atoms with Crippen molar-refractivity contribution in [3.8, 4) is 11.9 Å². The summed E-state index contributed by atoms with van der Waals surface area (Å²) in [5.41, 5.74) is 2.26. The van der Waals surface area contributed by atoms with E-state index in [1.165, 1.54) is 18.0 Å². The Kier molecular flexibility index (Phi) is 4.26. The Labute approximate surface area is 144 Å². The highest BCUT2D eigenvalue weighted by molar-refractivity contribution is 7.98. The third-order valence-corrected chi connectivity index (χ3v) is 4.35. The maximum absolute atomic E-state index is 12.0. The van der Waals surface area contributed by atoms with Gasteiger partial charge in [-0.05, 0) is 18.4 Å².